The normalized spacial score (nSPS) is 21.9. The van der Waals surface area contributed by atoms with Crippen LogP contribution in [0.5, 0.6) is 0 Å². The highest BCUT2D eigenvalue weighted by Gasteiger charge is 2.23. The van der Waals surface area contributed by atoms with Gasteiger partial charge >= 0.3 is 0 Å². The summed E-state index contributed by atoms with van der Waals surface area (Å²) in [5, 5.41) is 8.78. The van der Waals surface area contributed by atoms with Crippen LogP contribution < -0.4 is 0 Å². The average molecular weight is 285 g/mol. The van der Waals surface area contributed by atoms with Gasteiger partial charge in [0.15, 0.2) is 0 Å². The van der Waals surface area contributed by atoms with E-state index in [1.165, 1.54) is 64.2 Å². The van der Waals surface area contributed by atoms with Crippen molar-refractivity contribution in [3.63, 3.8) is 0 Å². The Morgan fingerprint density at radius 1 is 1.05 bits per heavy atom. The number of nitrogens with zero attached hydrogens (tertiary/aromatic N) is 3. The number of rotatable bonds is 7. The van der Waals surface area contributed by atoms with E-state index in [0.717, 1.165) is 11.7 Å². The van der Waals surface area contributed by atoms with Crippen molar-refractivity contribution >= 4 is 0 Å². The Morgan fingerprint density at radius 3 is 2.33 bits per heavy atom. The first-order valence-electron chi connectivity index (χ1n) is 8.55. The first-order valence-corrected chi connectivity index (χ1v) is 8.55. The van der Waals surface area contributed by atoms with Crippen molar-refractivity contribution in [2.75, 3.05) is 0 Å². The van der Waals surface area contributed by atoms with Crippen LogP contribution in [0.3, 0.4) is 0 Å². The van der Waals surface area contributed by atoms with E-state index in [0.29, 0.717) is 11.5 Å². The fourth-order valence-electron chi connectivity index (χ4n) is 3.35. The molecule has 1 fully saturated rings. The molecule has 1 aromatic heterocycles. The first-order chi connectivity index (χ1) is 10.3. The predicted octanol–water partition coefficient (Wildman–Crippen LogP) is 4.98. The van der Waals surface area contributed by atoms with Gasteiger partial charge in [-0.15, -0.1) is 0 Å². The van der Waals surface area contributed by atoms with Crippen LogP contribution in [0, 0.1) is 17.2 Å². The topological polar surface area (TPSA) is 49.6 Å². The highest BCUT2D eigenvalue weighted by molar-refractivity contribution is 5.22. The molecule has 0 bridgehead atoms. The smallest absolute Gasteiger partial charge is 0.131 e. The Bertz CT molecular complexity index is 439. The van der Waals surface area contributed by atoms with E-state index in [-0.39, 0.29) is 0 Å². The zero-order valence-corrected chi connectivity index (χ0v) is 13.2. The second-order valence-corrected chi connectivity index (χ2v) is 6.36. The molecule has 0 saturated heterocycles. The molecule has 0 atom stereocenters. The van der Waals surface area contributed by atoms with Crippen LogP contribution in [0.15, 0.2) is 12.4 Å². The van der Waals surface area contributed by atoms with Gasteiger partial charge in [0.2, 0.25) is 0 Å². The van der Waals surface area contributed by atoms with Gasteiger partial charge in [-0.1, -0.05) is 45.4 Å². The third-order valence-electron chi connectivity index (χ3n) is 4.73. The molecule has 0 unspecified atom stereocenters. The van der Waals surface area contributed by atoms with Gasteiger partial charge in [0.05, 0.1) is 5.56 Å². The van der Waals surface area contributed by atoms with Gasteiger partial charge in [0.25, 0.3) is 0 Å². The molecule has 0 N–H and O–H groups in total. The lowest BCUT2D eigenvalue weighted by molar-refractivity contribution is 0.296. The fourth-order valence-corrected chi connectivity index (χ4v) is 3.35. The fraction of sp³-hybridized carbons (Fsp3) is 0.722. The molecule has 1 saturated carbocycles. The highest BCUT2D eigenvalue weighted by Crippen LogP contribution is 2.36. The number of nitriles is 1. The van der Waals surface area contributed by atoms with E-state index >= 15 is 0 Å². The zero-order chi connectivity index (χ0) is 14.9. The summed E-state index contributed by atoms with van der Waals surface area (Å²) in [6.45, 7) is 2.27. The molecule has 1 aromatic rings. The van der Waals surface area contributed by atoms with Gasteiger partial charge in [0, 0.05) is 18.3 Å². The molecule has 114 valence electrons. The minimum atomic E-state index is 0.508. The maximum atomic E-state index is 8.78. The molecule has 1 aliphatic rings. The molecule has 1 aliphatic carbocycles. The Kier molecular flexibility index (Phi) is 6.66. The quantitative estimate of drug-likeness (QED) is 0.664. The summed E-state index contributed by atoms with van der Waals surface area (Å²) < 4.78 is 0. The number of aromatic nitrogens is 2. The van der Waals surface area contributed by atoms with Gasteiger partial charge in [-0.2, -0.15) is 5.26 Å². The summed E-state index contributed by atoms with van der Waals surface area (Å²) in [5.41, 5.74) is 0.555. The van der Waals surface area contributed by atoms with Gasteiger partial charge in [-0.05, 0) is 31.6 Å². The van der Waals surface area contributed by atoms with Crippen LogP contribution in [0.2, 0.25) is 0 Å². The Labute approximate surface area is 128 Å². The van der Waals surface area contributed by atoms with E-state index < -0.39 is 0 Å². The lowest BCUT2D eigenvalue weighted by Gasteiger charge is -2.27. The molecular formula is C18H27N3. The number of hydrogen-bond acceptors (Lipinski definition) is 3. The summed E-state index contributed by atoms with van der Waals surface area (Å²) >= 11 is 0. The molecule has 0 radical (unpaired) electrons. The molecule has 0 amide bonds. The van der Waals surface area contributed by atoms with Gasteiger partial charge < -0.3 is 0 Å². The standard InChI is InChI=1S/C18H27N3/c1-2-3-4-5-6-7-15-8-10-17(11-9-15)18-20-13-16(12-19)14-21-18/h13-15,17H,2-11H2,1H3/t15-,17-. The molecular weight excluding hydrogens is 258 g/mol. The highest BCUT2D eigenvalue weighted by atomic mass is 14.9. The zero-order valence-electron chi connectivity index (χ0n) is 13.2. The largest absolute Gasteiger partial charge is 0.240 e. The molecule has 0 aromatic carbocycles. The summed E-state index contributed by atoms with van der Waals surface area (Å²) in [6, 6.07) is 2.08. The van der Waals surface area contributed by atoms with Crippen molar-refractivity contribution in [2.45, 2.75) is 77.0 Å². The van der Waals surface area contributed by atoms with E-state index in [2.05, 4.69) is 23.0 Å². The van der Waals surface area contributed by atoms with Crippen molar-refractivity contribution < 1.29 is 0 Å². The van der Waals surface area contributed by atoms with Crippen LogP contribution in [-0.2, 0) is 0 Å². The third kappa shape index (κ3) is 5.12. The lowest BCUT2D eigenvalue weighted by atomic mass is 9.79. The van der Waals surface area contributed by atoms with Crippen LogP contribution in [0.1, 0.15) is 88.4 Å². The molecule has 2 rings (SSSR count). The molecule has 0 spiro atoms. The van der Waals surface area contributed by atoms with E-state index in [1.807, 2.05) is 0 Å². The number of unbranched alkanes of at least 4 members (excludes halogenated alkanes) is 4. The summed E-state index contributed by atoms with van der Waals surface area (Å²) in [4.78, 5) is 8.72. The third-order valence-corrected chi connectivity index (χ3v) is 4.73. The Morgan fingerprint density at radius 2 is 1.71 bits per heavy atom. The van der Waals surface area contributed by atoms with Crippen LogP contribution in [-0.4, -0.2) is 9.97 Å². The summed E-state index contributed by atoms with van der Waals surface area (Å²) in [7, 11) is 0. The molecule has 3 heteroatoms. The van der Waals surface area contributed by atoms with E-state index in [1.54, 1.807) is 12.4 Å². The summed E-state index contributed by atoms with van der Waals surface area (Å²) in [6.07, 6.45) is 16.7. The van der Waals surface area contributed by atoms with Crippen molar-refractivity contribution in [1.29, 1.82) is 5.26 Å². The lowest BCUT2D eigenvalue weighted by Crippen LogP contribution is -2.15. The van der Waals surface area contributed by atoms with E-state index in [4.69, 9.17) is 5.26 Å². The second kappa shape index (κ2) is 8.77. The Hall–Kier alpha value is -1.43. The van der Waals surface area contributed by atoms with Crippen LogP contribution >= 0.6 is 0 Å². The van der Waals surface area contributed by atoms with Crippen molar-refractivity contribution in [3.8, 4) is 6.07 Å². The predicted molar refractivity (Wildman–Crippen MR) is 84.8 cm³/mol. The van der Waals surface area contributed by atoms with E-state index in [9.17, 15) is 0 Å². The average Bonchev–Trinajstić information content (AvgIpc) is 2.55. The monoisotopic (exact) mass is 285 g/mol. The minimum Gasteiger partial charge on any atom is -0.240 e. The van der Waals surface area contributed by atoms with Crippen molar-refractivity contribution in [3.05, 3.63) is 23.8 Å². The Balaban J connectivity index is 1.69. The molecule has 0 aliphatic heterocycles. The SMILES string of the molecule is CCCCCCC[C@H]1CC[C@H](c2ncc(C#N)cn2)CC1. The van der Waals surface area contributed by atoms with Crippen LogP contribution in [0.4, 0.5) is 0 Å². The molecule has 3 nitrogen and oxygen atoms in total. The maximum Gasteiger partial charge on any atom is 0.131 e. The van der Waals surface area contributed by atoms with Gasteiger partial charge in [-0.3, -0.25) is 0 Å². The minimum absolute atomic E-state index is 0.508. The van der Waals surface area contributed by atoms with Crippen molar-refractivity contribution in [1.82, 2.24) is 9.97 Å². The van der Waals surface area contributed by atoms with Crippen molar-refractivity contribution in [2.24, 2.45) is 5.92 Å². The first kappa shape index (κ1) is 15.9. The van der Waals surface area contributed by atoms with Crippen LogP contribution in [0.25, 0.3) is 0 Å². The van der Waals surface area contributed by atoms with Gasteiger partial charge in [0.1, 0.15) is 11.9 Å². The maximum absolute atomic E-state index is 8.78. The number of hydrogen-bond donors (Lipinski definition) is 0. The summed E-state index contributed by atoms with van der Waals surface area (Å²) in [5.74, 6) is 2.37. The molecule has 1 heterocycles. The van der Waals surface area contributed by atoms with Gasteiger partial charge in [-0.25, -0.2) is 9.97 Å². The molecule has 21 heavy (non-hydrogen) atoms. The second-order valence-electron chi connectivity index (χ2n) is 6.36.